The topological polar surface area (TPSA) is 40.6 Å². The quantitative estimate of drug-likeness (QED) is 0.673. The van der Waals surface area contributed by atoms with Crippen LogP contribution >= 0.6 is 23.5 Å². The summed E-state index contributed by atoms with van der Waals surface area (Å²) >= 11 is 3.14. The van der Waals surface area contributed by atoms with Gasteiger partial charge in [-0.2, -0.15) is 0 Å². The van der Waals surface area contributed by atoms with Crippen LogP contribution in [-0.2, 0) is 9.59 Å². The molecule has 0 N–H and O–H groups in total. The minimum atomic E-state index is 0.145. The highest BCUT2D eigenvalue weighted by Crippen LogP contribution is 2.20. The first-order valence-corrected chi connectivity index (χ1v) is 11.4. The largest absolute Gasteiger partial charge is 0.338 e. The summed E-state index contributed by atoms with van der Waals surface area (Å²) in [4.78, 5) is 30.9. The van der Waals surface area contributed by atoms with Crippen molar-refractivity contribution in [2.45, 2.75) is 23.6 Å². The van der Waals surface area contributed by atoms with E-state index in [4.69, 9.17) is 0 Å². The highest BCUT2D eigenvalue weighted by molar-refractivity contribution is 8.00. The smallest absolute Gasteiger partial charge is 0.233 e. The minimum absolute atomic E-state index is 0.145. The van der Waals surface area contributed by atoms with Crippen LogP contribution in [0.15, 0.2) is 58.3 Å². The van der Waals surface area contributed by atoms with E-state index in [1.54, 1.807) is 23.5 Å². The molecule has 0 aliphatic carbocycles. The Morgan fingerprint density at radius 2 is 1.00 bits per heavy atom. The summed E-state index contributed by atoms with van der Waals surface area (Å²) < 4.78 is 0. The molecule has 2 aromatic carbocycles. The number of benzene rings is 2. The van der Waals surface area contributed by atoms with Gasteiger partial charge in [-0.05, 0) is 38.1 Å². The third kappa shape index (κ3) is 6.04. The molecule has 1 heterocycles. The number of hydrogen-bond acceptors (Lipinski definition) is 4. The second-order valence-corrected chi connectivity index (χ2v) is 9.06. The summed E-state index contributed by atoms with van der Waals surface area (Å²) in [5.41, 5.74) is 2.44. The molecule has 2 amide bonds. The Hall–Kier alpha value is -1.92. The van der Waals surface area contributed by atoms with E-state index in [1.165, 1.54) is 11.1 Å². The number of aryl methyl sites for hydroxylation is 2. The van der Waals surface area contributed by atoms with Gasteiger partial charge in [0.1, 0.15) is 0 Å². The fourth-order valence-corrected chi connectivity index (χ4v) is 4.55. The van der Waals surface area contributed by atoms with Crippen LogP contribution in [-0.4, -0.2) is 59.3 Å². The maximum atomic E-state index is 12.5. The molecule has 3 rings (SSSR count). The molecule has 0 aromatic heterocycles. The standard InChI is InChI=1S/C22H26N2O2S2/c1-17-3-7-19(8-4-17)27-15-21(25)23-11-13-24(14-12-23)22(26)16-28-20-9-5-18(2)6-10-20/h3-10H,11-16H2,1-2H3. The average Bonchev–Trinajstić information content (AvgIpc) is 2.72. The van der Waals surface area contributed by atoms with E-state index in [9.17, 15) is 9.59 Å². The molecule has 148 valence electrons. The van der Waals surface area contributed by atoms with Crippen molar-refractivity contribution in [1.82, 2.24) is 9.80 Å². The molecule has 1 fully saturated rings. The van der Waals surface area contributed by atoms with Crippen molar-refractivity contribution < 1.29 is 9.59 Å². The fourth-order valence-electron chi connectivity index (χ4n) is 2.95. The number of carbonyl (C=O) groups is 2. The van der Waals surface area contributed by atoms with E-state index in [-0.39, 0.29) is 11.8 Å². The summed E-state index contributed by atoms with van der Waals surface area (Å²) in [6.45, 7) is 6.59. The zero-order valence-corrected chi connectivity index (χ0v) is 18.0. The van der Waals surface area contributed by atoms with Crippen molar-refractivity contribution in [3.8, 4) is 0 Å². The molecule has 2 aromatic rings. The molecule has 0 unspecified atom stereocenters. The Morgan fingerprint density at radius 1 is 0.679 bits per heavy atom. The van der Waals surface area contributed by atoms with Gasteiger partial charge in [-0.15, -0.1) is 23.5 Å². The van der Waals surface area contributed by atoms with Gasteiger partial charge in [-0.1, -0.05) is 35.4 Å². The van der Waals surface area contributed by atoms with Gasteiger partial charge >= 0.3 is 0 Å². The second-order valence-electron chi connectivity index (χ2n) is 6.97. The number of nitrogens with zero attached hydrogens (tertiary/aromatic N) is 2. The van der Waals surface area contributed by atoms with Gasteiger partial charge < -0.3 is 9.80 Å². The van der Waals surface area contributed by atoms with E-state index < -0.39 is 0 Å². The molecule has 0 spiro atoms. The molecule has 0 saturated carbocycles. The molecule has 1 aliphatic heterocycles. The number of piperazine rings is 1. The van der Waals surface area contributed by atoms with Gasteiger partial charge in [-0.3, -0.25) is 9.59 Å². The van der Waals surface area contributed by atoms with Crippen LogP contribution in [0.2, 0.25) is 0 Å². The molecule has 0 atom stereocenters. The van der Waals surface area contributed by atoms with E-state index in [0.29, 0.717) is 37.7 Å². The second kappa shape index (κ2) is 10.0. The Balaban J connectivity index is 1.39. The maximum absolute atomic E-state index is 12.5. The molecule has 0 radical (unpaired) electrons. The number of rotatable bonds is 6. The summed E-state index contributed by atoms with van der Waals surface area (Å²) in [5, 5.41) is 0. The monoisotopic (exact) mass is 414 g/mol. The third-order valence-electron chi connectivity index (χ3n) is 4.75. The highest BCUT2D eigenvalue weighted by atomic mass is 32.2. The SMILES string of the molecule is Cc1ccc(SCC(=O)N2CCN(C(=O)CSc3ccc(C)cc3)CC2)cc1. The van der Waals surface area contributed by atoms with Gasteiger partial charge in [0, 0.05) is 36.0 Å². The maximum Gasteiger partial charge on any atom is 0.233 e. The van der Waals surface area contributed by atoms with Crippen molar-refractivity contribution in [3.63, 3.8) is 0 Å². The minimum Gasteiger partial charge on any atom is -0.338 e. The van der Waals surface area contributed by atoms with E-state index >= 15 is 0 Å². The lowest BCUT2D eigenvalue weighted by molar-refractivity contribution is -0.136. The summed E-state index contributed by atoms with van der Waals surface area (Å²) in [6.07, 6.45) is 0. The van der Waals surface area contributed by atoms with Crippen molar-refractivity contribution in [3.05, 3.63) is 59.7 Å². The van der Waals surface area contributed by atoms with E-state index in [1.807, 2.05) is 9.80 Å². The Bertz CT molecular complexity index is 729. The molecular weight excluding hydrogens is 388 g/mol. The van der Waals surface area contributed by atoms with Gasteiger partial charge in [-0.25, -0.2) is 0 Å². The molecule has 0 bridgehead atoms. The summed E-state index contributed by atoms with van der Waals surface area (Å²) in [7, 11) is 0. The molecule has 28 heavy (non-hydrogen) atoms. The zero-order chi connectivity index (χ0) is 19.9. The summed E-state index contributed by atoms with van der Waals surface area (Å²) in [6, 6.07) is 16.5. The fraction of sp³-hybridized carbons (Fsp3) is 0.364. The first-order valence-electron chi connectivity index (χ1n) is 9.46. The molecule has 6 heteroatoms. The van der Waals surface area contributed by atoms with Gasteiger partial charge in [0.15, 0.2) is 0 Å². The lowest BCUT2D eigenvalue weighted by Gasteiger charge is -2.34. The van der Waals surface area contributed by atoms with Crippen molar-refractivity contribution in [2.75, 3.05) is 37.7 Å². The third-order valence-corrected chi connectivity index (χ3v) is 6.75. The predicted octanol–water partition coefficient (Wildman–Crippen LogP) is 3.86. The Kier molecular flexibility index (Phi) is 7.45. The van der Waals surface area contributed by atoms with Crippen LogP contribution in [0.5, 0.6) is 0 Å². The first-order chi connectivity index (χ1) is 13.5. The summed E-state index contributed by atoms with van der Waals surface area (Å²) in [5.74, 6) is 1.18. The number of carbonyl (C=O) groups excluding carboxylic acids is 2. The van der Waals surface area contributed by atoms with Crippen LogP contribution in [0, 0.1) is 13.8 Å². The Labute approximate surface area is 175 Å². The van der Waals surface area contributed by atoms with Crippen LogP contribution < -0.4 is 0 Å². The van der Waals surface area contributed by atoms with Gasteiger partial charge in [0.25, 0.3) is 0 Å². The normalized spacial score (nSPS) is 14.2. The molecular formula is C22H26N2O2S2. The van der Waals surface area contributed by atoms with Crippen molar-refractivity contribution >= 4 is 35.3 Å². The van der Waals surface area contributed by atoms with E-state index in [0.717, 1.165) is 9.79 Å². The van der Waals surface area contributed by atoms with Crippen LogP contribution in [0.4, 0.5) is 0 Å². The van der Waals surface area contributed by atoms with Crippen molar-refractivity contribution in [1.29, 1.82) is 0 Å². The van der Waals surface area contributed by atoms with Crippen molar-refractivity contribution in [2.24, 2.45) is 0 Å². The lowest BCUT2D eigenvalue weighted by atomic mass is 10.2. The first kappa shape index (κ1) is 20.8. The average molecular weight is 415 g/mol. The molecule has 1 saturated heterocycles. The van der Waals surface area contributed by atoms with Crippen LogP contribution in [0.1, 0.15) is 11.1 Å². The predicted molar refractivity (Wildman–Crippen MR) is 117 cm³/mol. The zero-order valence-electron chi connectivity index (χ0n) is 16.4. The van der Waals surface area contributed by atoms with Crippen LogP contribution in [0.3, 0.4) is 0 Å². The van der Waals surface area contributed by atoms with Gasteiger partial charge in [0.05, 0.1) is 11.5 Å². The lowest BCUT2D eigenvalue weighted by Crippen LogP contribution is -2.51. The number of hydrogen-bond donors (Lipinski definition) is 0. The Morgan fingerprint density at radius 3 is 1.32 bits per heavy atom. The van der Waals surface area contributed by atoms with Gasteiger partial charge in [0.2, 0.25) is 11.8 Å². The van der Waals surface area contributed by atoms with Crippen LogP contribution in [0.25, 0.3) is 0 Å². The van der Waals surface area contributed by atoms with E-state index in [2.05, 4.69) is 62.4 Å². The highest BCUT2D eigenvalue weighted by Gasteiger charge is 2.24. The molecule has 4 nitrogen and oxygen atoms in total. The molecule has 1 aliphatic rings. The number of thioether (sulfide) groups is 2. The number of amides is 2.